The van der Waals surface area contributed by atoms with E-state index in [1.807, 2.05) is 13.8 Å². The standard InChI is InChI=1S/C18H30.C2H6/c1-3-4-5-6-7-8-9-11-14-17(2)18-15-12-10-13-16-18;1-2/h10,12-13,15-17H,3-9,11,14H2,1-2H3;1-2H3. The maximum atomic E-state index is 2.36. The van der Waals surface area contributed by atoms with Gasteiger partial charge < -0.3 is 0 Å². The van der Waals surface area contributed by atoms with Gasteiger partial charge in [-0.15, -0.1) is 0 Å². The van der Waals surface area contributed by atoms with Crippen LogP contribution in [-0.2, 0) is 0 Å². The summed E-state index contributed by atoms with van der Waals surface area (Å²) >= 11 is 0. The highest BCUT2D eigenvalue weighted by Crippen LogP contribution is 2.21. The molecule has 0 bridgehead atoms. The molecule has 1 aromatic rings. The average Bonchev–Trinajstić information content (AvgIpc) is 2.52. The molecule has 0 fully saturated rings. The minimum Gasteiger partial charge on any atom is -0.0683 e. The third-order valence-corrected chi connectivity index (χ3v) is 3.86. The highest BCUT2D eigenvalue weighted by molar-refractivity contribution is 5.18. The van der Waals surface area contributed by atoms with Crippen LogP contribution in [0.2, 0.25) is 0 Å². The molecule has 0 N–H and O–H groups in total. The molecule has 0 heteroatoms. The van der Waals surface area contributed by atoms with Crippen molar-refractivity contribution in [2.75, 3.05) is 0 Å². The van der Waals surface area contributed by atoms with Crippen molar-refractivity contribution in [3.63, 3.8) is 0 Å². The summed E-state index contributed by atoms with van der Waals surface area (Å²) in [4.78, 5) is 0. The smallest absolute Gasteiger partial charge is 0.0190 e. The summed E-state index contributed by atoms with van der Waals surface area (Å²) in [5, 5.41) is 0. The maximum absolute atomic E-state index is 2.36. The monoisotopic (exact) mass is 276 g/mol. The summed E-state index contributed by atoms with van der Waals surface area (Å²) in [5.74, 6) is 0.728. The van der Waals surface area contributed by atoms with Crippen molar-refractivity contribution in [3.8, 4) is 0 Å². The van der Waals surface area contributed by atoms with Crippen LogP contribution in [0.4, 0.5) is 0 Å². The molecule has 0 radical (unpaired) electrons. The second-order valence-electron chi connectivity index (χ2n) is 5.58. The van der Waals surface area contributed by atoms with Crippen molar-refractivity contribution in [1.82, 2.24) is 0 Å². The van der Waals surface area contributed by atoms with E-state index in [2.05, 4.69) is 44.2 Å². The van der Waals surface area contributed by atoms with Gasteiger partial charge in [-0.1, -0.05) is 109 Å². The number of unbranched alkanes of at least 4 members (excludes halogenated alkanes) is 7. The second kappa shape index (κ2) is 14.6. The molecule has 0 amide bonds. The van der Waals surface area contributed by atoms with Gasteiger partial charge in [0, 0.05) is 0 Å². The molecule has 0 aliphatic rings. The lowest BCUT2D eigenvalue weighted by molar-refractivity contribution is 0.543. The minimum absolute atomic E-state index is 0.728. The van der Waals surface area contributed by atoms with E-state index >= 15 is 0 Å². The molecule has 0 saturated carbocycles. The number of benzene rings is 1. The van der Waals surface area contributed by atoms with E-state index in [1.54, 1.807) is 0 Å². The first-order chi connectivity index (χ1) is 9.84. The van der Waals surface area contributed by atoms with Gasteiger partial charge in [0.2, 0.25) is 0 Å². The molecular weight excluding hydrogens is 240 g/mol. The van der Waals surface area contributed by atoms with Crippen LogP contribution >= 0.6 is 0 Å². The van der Waals surface area contributed by atoms with Gasteiger partial charge in [-0.3, -0.25) is 0 Å². The summed E-state index contributed by atoms with van der Waals surface area (Å²) in [6.07, 6.45) is 12.7. The highest BCUT2D eigenvalue weighted by Gasteiger charge is 2.03. The first-order valence-electron chi connectivity index (χ1n) is 8.89. The molecule has 0 nitrogen and oxygen atoms in total. The molecule has 1 atom stereocenters. The van der Waals surface area contributed by atoms with Crippen LogP contribution in [0.25, 0.3) is 0 Å². The summed E-state index contributed by atoms with van der Waals surface area (Å²) in [7, 11) is 0. The van der Waals surface area contributed by atoms with Crippen LogP contribution in [-0.4, -0.2) is 0 Å². The van der Waals surface area contributed by atoms with Crippen molar-refractivity contribution in [2.24, 2.45) is 0 Å². The molecule has 1 aromatic carbocycles. The summed E-state index contributed by atoms with van der Waals surface area (Å²) in [6.45, 7) is 8.64. The van der Waals surface area contributed by atoms with Crippen molar-refractivity contribution < 1.29 is 0 Å². The van der Waals surface area contributed by atoms with E-state index in [4.69, 9.17) is 0 Å². The average molecular weight is 277 g/mol. The van der Waals surface area contributed by atoms with Crippen LogP contribution in [0.3, 0.4) is 0 Å². The van der Waals surface area contributed by atoms with Crippen LogP contribution in [0.5, 0.6) is 0 Å². The van der Waals surface area contributed by atoms with Crippen LogP contribution in [0, 0.1) is 0 Å². The minimum atomic E-state index is 0.728. The Morgan fingerprint density at radius 3 is 1.80 bits per heavy atom. The molecule has 1 rings (SSSR count). The lowest BCUT2D eigenvalue weighted by Gasteiger charge is -2.11. The van der Waals surface area contributed by atoms with E-state index in [-0.39, 0.29) is 0 Å². The van der Waals surface area contributed by atoms with Gasteiger partial charge in [0.25, 0.3) is 0 Å². The quantitative estimate of drug-likeness (QED) is 0.392. The zero-order valence-electron chi connectivity index (χ0n) is 14.3. The molecule has 0 aromatic heterocycles. The number of rotatable bonds is 10. The molecule has 1 unspecified atom stereocenters. The van der Waals surface area contributed by atoms with Crippen LogP contribution < -0.4 is 0 Å². The van der Waals surface area contributed by atoms with Gasteiger partial charge in [0.15, 0.2) is 0 Å². The topological polar surface area (TPSA) is 0 Å². The van der Waals surface area contributed by atoms with E-state index in [9.17, 15) is 0 Å². The van der Waals surface area contributed by atoms with Gasteiger partial charge in [-0.05, 0) is 17.9 Å². The zero-order chi connectivity index (χ0) is 15.1. The Hall–Kier alpha value is -0.780. The Morgan fingerprint density at radius 1 is 0.750 bits per heavy atom. The SMILES string of the molecule is CC.CCCCCCCCCCC(C)c1ccccc1. The fourth-order valence-electron chi connectivity index (χ4n) is 2.53. The Balaban J connectivity index is 0.00000172. The van der Waals surface area contributed by atoms with Gasteiger partial charge in [-0.25, -0.2) is 0 Å². The Labute approximate surface area is 128 Å². The molecular formula is C20H36. The maximum Gasteiger partial charge on any atom is -0.0190 e. The van der Waals surface area contributed by atoms with Gasteiger partial charge in [0.1, 0.15) is 0 Å². The molecule has 0 spiro atoms. The zero-order valence-corrected chi connectivity index (χ0v) is 14.3. The molecule has 20 heavy (non-hydrogen) atoms. The van der Waals surface area contributed by atoms with Crippen molar-refractivity contribution in [2.45, 2.75) is 91.4 Å². The van der Waals surface area contributed by atoms with Crippen molar-refractivity contribution in [3.05, 3.63) is 35.9 Å². The first-order valence-corrected chi connectivity index (χ1v) is 8.89. The van der Waals surface area contributed by atoms with Gasteiger partial charge in [0.05, 0.1) is 0 Å². The van der Waals surface area contributed by atoms with E-state index in [0.717, 1.165) is 5.92 Å². The largest absolute Gasteiger partial charge is 0.0683 e. The van der Waals surface area contributed by atoms with Crippen LogP contribution in [0.15, 0.2) is 30.3 Å². The first kappa shape index (κ1) is 19.2. The van der Waals surface area contributed by atoms with Gasteiger partial charge in [-0.2, -0.15) is 0 Å². The Bertz CT molecular complexity index is 275. The van der Waals surface area contributed by atoms with Gasteiger partial charge >= 0.3 is 0 Å². The molecule has 0 aliphatic heterocycles. The second-order valence-corrected chi connectivity index (χ2v) is 5.58. The third-order valence-electron chi connectivity index (χ3n) is 3.86. The van der Waals surface area contributed by atoms with Crippen molar-refractivity contribution >= 4 is 0 Å². The highest BCUT2D eigenvalue weighted by atomic mass is 14.1. The fraction of sp³-hybridized carbons (Fsp3) is 0.700. The predicted molar refractivity (Wildman–Crippen MR) is 93.4 cm³/mol. The van der Waals surface area contributed by atoms with Crippen LogP contribution in [0.1, 0.15) is 97.0 Å². The predicted octanol–water partition coefficient (Wildman–Crippen LogP) is 7.35. The number of hydrogen-bond acceptors (Lipinski definition) is 0. The fourth-order valence-corrected chi connectivity index (χ4v) is 2.53. The molecule has 0 saturated heterocycles. The van der Waals surface area contributed by atoms with E-state index in [0.29, 0.717) is 0 Å². The molecule has 116 valence electrons. The van der Waals surface area contributed by atoms with E-state index in [1.165, 1.54) is 63.4 Å². The Kier molecular flexibility index (Phi) is 14.1. The lowest BCUT2D eigenvalue weighted by Crippen LogP contribution is -1.93. The number of hydrogen-bond donors (Lipinski definition) is 0. The Morgan fingerprint density at radius 2 is 1.25 bits per heavy atom. The normalized spacial score (nSPS) is 11.6. The third kappa shape index (κ3) is 10.1. The molecule has 0 aliphatic carbocycles. The van der Waals surface area contributed by atoms with E-state index < -0.39 is 0 Å². The van der Waals surface area contributed by atoms with Crippen molar-refractivity contribution in [1.29, 1.82) is 0 Å². The summed E-state index contributed by atoms with van der Waals surface area (Å²) in [6, 6.07) is 10.9. The lowest BCUT2D eigenvalue weighted by atomic mass is 9.95. The summed E-state index contributed by atoms with van der Waals surface area (Å²) < 4.78 is 0. The summed E-state index contributed by atoms with van der Waals surface area (Å²) in [5.41, 5.74) is 1.50. The molecule has 0 heterocycles.